The summed E-state index contributed by atoms with van der Waals surface area (Å²) in [5.41, 5.74) is 1.23. The van der Waals surface area contributed by atoms with E-state index < -0.39 is 0 Å². The molecule has 0 atom stereocenters. The summed E-state index contributed by atoms with van der Waals surface area (Å²) in [7, 11) is 2.14. The van der Waals surface area contributed by atoms with Crippen LogP contribution in [0.2, 0.25) is 0 Å². The van der Waals surface area contributed by atoms with Gasteiger partial charge in [-0.15, -0.1) is 0 Å². The summed E-state index contributed by atoms with van der Waals surface area (Å²) < 4.78 is 10.4. The summed E-state index contributed by atoms with van der Waals surface area (Å²) in [5.74, 6) is 0. The lowest BCUT2D eigenvalue weighted by atomic mass is 10.1. The largest absolute Gasteiger partial charge is 0.472 e. The number of furan rings is 1. The van der Waals surface area contributed by atoms with Gasteiger partial charge in [-0.05, 0) is 26.0 Å². The molecule has 1 aromatic rings. The number of hydrogen-bond donors (Lipinski definition) is 1. The number of rotatable bonds is 6. The molecule has 1 saturated heterocycles. The number of nitrogens with zero attached hydrogens (tertiary/aromatic N) is 1. The third-order valence-electron chi connectivity index (χ3n) is 3.18. The first-order valence-corrected chi connectivity index (χ1v) is 6.35. The number of nitrogens with one attached hydrogen (secondary N) is 1. The number of hydrogen-bond acceptors (Lipinski definition) is 4. The van der Waals surface area contributed by atoms with Gasteiger partial charge in [-0.1, -0.05) is 0 Å². The van der Waals surface area contributed by atoms with Gasteiger partial charge in [-0.25, -0.2) is 0 Å². The Morgan fingerprint density at radius 1 is 1.41 bits per heavy atom. The van der Waals surface area contributed by atoms with E-state index in [0.29, 0.717) is 6.04 Å². The molecule has 0 saturated carbocycles. The Kier molecular flexibility index (Phi) is 5.04. The van der Waals surface area contributed by atoms with Crippen molar-refractivity contribution in [3.63, 3.8) is 0 Å². The van der Waals surface area contributed by atoms with Gasteiger partial charge in [-0.2, -0.15) is 0 Å². The topological polar surface area (TPSA) is 37.6 Å². The van der Waals surface area contributed by atoms with Crippen molar-refractivity contribution in [1.82, 2.24) is 10.2 Å². The molecule has 0 amide bonds. The van der Waals surface area contributed by atoms with Crippen molar-refractivity contribution in [2.24, 2.45) is 0 Å². The minimum Gasteiger partial charge on any atom is -0.472 e. The van der Waals surface area contributed by atoms with E-state index in [2.05, 4.69) is 17.3 Å². The second kappa shape index (κ2) is 6.79. The third kappa shape index (κ3) is 4.50. The molecule has 0 spiro atoms. The van der Waals surface area contributed by atoms with Crippen LogP contribution in [0.4, 0.5) is 0 Å². The molecular weight excluding hydrogens is 216 g/mol. The van der Waals surface area contributed by atoms with Crippen LogP contribution in [0.15, 0.2) is 23.0 Å². The summed E-state index contributed by atoms with van der Waals surface area (Å²) in [5, 5.41) is 3.59. The van der Waals surface area contributed by atoms with Gasteiger partial charge < -0.3 is 19.4 Å². The van der Waals surface area contributed by atoms with Crippen LogP contribution in [0.25, 0.3) is 0 Å². The lowest BCUT2D eigenvalue weighted by molar-refractivity contribution is 0.0774. The molecule has 1 aliphatic rings. The van der Waals surface area contributed by atoms with E-state index in [-0.39, 0.29) is 0 Å². The Bertz CT molecular complexity index is 294. The van der Waals surface area contributed by atoms with Gasteiger partial charge in [0.25, 0.3) is 0 Å². The molecule has 2 heterocycles. The van der Waals surface area contributed by atoms with Crippen molar-refractivity contribution in [1.29, 1.82) is 0 Å². The first kappa shape index (κ1) is 12.6. The van der Waals surface area contributed by atoms with Crippen LogP contribution < -0.4 is 5.32 Å². The molecule has 1 fully saturated rings. The Hall–Kier alpha value is -0.840. The van der Waals surface area contributed by atoms with Gasteiger partial charge in [0.2, 0.25) is 0 Å². The van der Waals surface area contributed by atoms with Crippen molar-refractivity contribution in [3.05, 3.63) is 24.2 Å². The average molecular weight is 238 g/mol. The van der Waals surface area contributed by atoms with Crippen molar-refractivity contribution >= 4 is 0 Å². The summed E-state index contributed by atoms with van der Waals surface area (Å²) >= 11 is 0. The van der Waals surface area contributed by atoms with Gasteiger partial charge in [0.1, 0.15) is 0 Å². The van der Waals surface area contributed by atoms with E-state index >= 15 is 0 Å². The quantitative estimate of drug-likeness (QED) is 0.814. The summed E-state index contributed by atoms with van der Waals surface area (Å²) in [4.78, 5) is 2.30. The Labute approximate surface area is 103 Å². The fraction of sp³-hybridized carbons (Fsp3) is 0.692. The van der Waals surface area contributed by atoms with Gasteiger partial charge in [-0.3, -0.25) is 0 Å². The smallest absolute Gasteiger partial charge is 0.0947 e. The molecule has 1 aromatic heterocycles. The zero-order valence-electron chi connectivity index (χ0n) is 10.5. The molecule has 0 aromatic carbocycles. The lowest BCUT2D eigenvalue weighted by Crippen LogP contribution is -2.39. The van der Waals surface area contributed by atoms with Crippen molar-refractivity contribution in [2.45, 2.75) is 25.4 Å². The van der Waals surface area contributed by atoms with Gasteiger partial charge in [0.15, 0.2) is 0 Å². The maximum atomic E-state index is 5.34. The monoisotopic (exact) mass is 238 g/mol. The molecule has 4 heteroatoms. The summed E-state index contributed by atoms with van der Waals surface area (Å²) in [6.07, 6.45) is 5.82. The Balaban J connectivity index is 1.58. The zero-order valence-corrected chi connectivity index (χ0v) is 10.5. The predicted octanol–water partition coefficient (Wildman–Crippen LogP) is 1.48. The van der Waals surface area contributed by atoms with Crippen LogP contribution in [0.3, 0.4) is 0 Å². The van der Waals surface area contributed by atoms with E-state index in [0.717, 1.165) is 45.7 Å². The highest BCUT2D eigenvalue weighted by molar-refractivity contribution is 5.04. The van der Waals surface area contributed by atoms with Crippen LogP contribution in [-0.4, -0.2) is 44.3 Å². The highest BCUT2D eigenvalue weighted by atomic mass is 16.5. The molecule has 0 unspecified atom stereocenters. The molecule has 1 N–H and O–H groups in total. The van der Waals surface area contributed by atoms with Crippen LogP contribution in [0, 0.1) is 0 Å². The molecule has 0 bridgehead atoms. The highest BCUT2D eigenvalue weighted by Crippen LogP contribution is 2.06. The van der Waals surface area contributed by atoms with Gasteiger partial charge >= 0.3 is 0 Å². The molecular formula is C13H22N2O2. The summed E-state index contributed by atoms with van der Waals surface area (Å²) in [6.45, 7) is 4.86. The van der Waals surface area contributed by atoms with Gasteiger partial charge in [0.05, 0.1) is 12.5 Å². The third-order valence-corrected chi connectivity index (χ3v) is 3.18. The second-order valence-electron chi connectivity index (χ2n) is 4.71. The van der Waals surface area contributed by atoms with Gasteiger partial charge in [0, 0.05) is 44.5 Å². The summed E-state index contributed by atoms with van der Waals surface area (Å²) in [6, 6.07) is 2.66. The second-order valence-corrected chi connectivity index (χ2v) is 4.71. The van der Waals surface area contributed by atoms with Crippen LogP contribution in [-0.2, 0) is 11.3 Å². The SMILES string of the molecule is CN(CCNC1CCOCC1)Cc1ccoc1. The minimum absolute atomic E-state index is 0.645. The average Bonchev–Trinajstić information content (AvgIpc) is 2.83. The first-order valence-electron chi connectivity index (χ1n) is 6.35. The molecule has 96 valence electrons. The normalized spacial score (nSPS) is 17.8. The fourth-order valence-corrected chi connectivity index (χ4v) is 2.13. The fourth-order valence-electron chi connectivity index (χ4n) is 2.13. The van der Waals surface area contributed by atoms with Crippen LogP contribution >= 0.6 is 0 Å². The molecule has 0 radical (unpaired) electrons. The Morgan fingerprint density at radius 3 is 2.94 bits per heavy atom. The molecule has 17 heavy (non-hydrogen) atoms. The van der Waals surface area contributed by atoms with E-state index in [1.807, 2.05) is 12.3 Å². The van der Waals surface area contributed by atoms with E-state index in [1.54, 1.807) is 6.26 Å². The van der Waals surface area contributed by atoms with Crippen molar-refractivity contribution in [2.75, 3.05) is 33.4 Å². The molecule has 4 nitrogen and oxygen atoms in total. The predicted molar refractivity (Wildman–Crippen MR) is 66.9 cm³/mol. The molecule has 1 aliphatic heterocycles. The van der Waals surface area contributed by atoms with Crippen LogP contribution in [0.1, 0.15) is 18.4 Å². The van der Waals surface area contributed by atoms with Crippen molar-refractivity contribution in [3.8, 4) is 0 Å². The Morgan fingerprint density at radius 2 is 2.24 bits per heavy atom. The minimum atomic E-state index is 0.645. The zero-order chi connectivity index (χ0) is 11.9. The maximum Gasteiger partial charge on any atom is 0.0947 e. The van der Waals surface area contributed by atoms with E-state index in [9.17, 15) is 0 Å². The maximum absolute atomic E-state index is 5.34. The number of likely N-dealkylation sites (N-methyl/N-ethyl adjacent to an activating group) is 1. The highest BCUT2D eigenvalue weighted by Gasteiger charge is 2.12. The first-order chi connectivity index (χ1) is 8.34. The van der Waals surface area contributed by atoms with Crippen molar-refractivity contribution < 1.29 is 9.15 Å². The van der Waals surface area contributed by atoms with E-state index in [4.69, 9.17) is 9.15 Å². The number of ether oxygens (including phenoxy) is 1. The molecule has 0 aliphatic carbocycles. The van der Waals surface area contributed by atoms with E-state index in [1.165, 1.54) is 5.56 Å². The van der Waals surface area contributed by atoms with Crippen LogP contribution in [0.5, 0.6) is 0 Å². The molecule has 2 rings (SSSR count). The standard InChI is InChI=1S/C13H22N2O2/c1-15(10-12-2-7-17-11-12)6-5-14-13-3-8-16-9-4-13/h2,7,11,13-14H,3-6,8-10H2,1H3. The lowest BCUT2D eigenvalue weighted by Gasteiger charge is -2.24.